The van der Waals surface area contributed by atoms with Crippen molar-refractivity contribution in [2.24, 2.45) is 5.73 Å². The van der Waals surface area contributed by atoms with Crippen molar-refractivity contribution in [3.63, 3.8) is 0 Å². The van der Waals surface area contributed by atoms with Gasteiger partial charge in [-0.1, -0.05) is 30.3 Å². The van der Waals surface area contributed by atoms with Gasteiger partial charge in [0.2, 0.25) is 0 Å². The molecule has 0 aliphatic rings. The van der Waals surface area contributed by atoms with Crippen LogP contribution in [0.2, 0.25) is 0 Å². The fourth-order valence-electron chi connectivity index (χ4n) is 1.12. The minimum Gasteiger partial charge on any atom is -0.327 e. The van der Waals surface area contributed by atoms with Crippen molar-refractivity contribution in [3.05, 3.63) is 35.9 Å². The van der Waals surface area contributed by atoms with E-state index in [2.05, 4.69) is 0 Å². The maximum atomic E-state index is 10.1. The molecule has 2 N–H and O–H groups in total. The molecule has 1 aromatic carbocycles. The number of nitrogens with two attached hydrogens (primary N) is 1. The summed E-state index contributed by atoms with van der Waals surface area (Å²) in [6.07, 6.45) is 2.09. The van der Waals surface area contributed by atoms with Crippen LogP contribution in [0.4, 0.5) is 0 Å². The fourth-order valence-corrected chi connectivity index (χ4v) is 1.12. The molecule has 1 rings (SSSR count). The Bertz CT molecular complexity index is 233. The predicted molar refractivity (Wildman–Crippen MR) is 48.8 cm³/mol. The molecule has 0 bridgehead atoms. The maximum absolute atomic E-state index is 10.1. The minimum absolute atomic E-state index is 0.0371. The molecular weight excluding hydrogens is 150 g/mol. The van der Waals surface area contributed by atoms with Gasteiger partial charge in [-0.2, -0.15) is 0 Å². The van der Waals surface area contributed by atoms with E-state index in [0.29, 0.717) is 6.42 Å². The quantitative estimate of drug-likeness (QED) is 0.676. The Kier molecular flexibility index (Phi) is 3.48. The lowest BCUT2D eigenvalue weighted by Crippen LogP contribution is -2.22. The van der Waals surface area contributed by atoms with Crippen molar-refractivity contribution in [2.75, 3.05) is 0 Å². The molecule has 2 heteroatoms. The summed E-state index contributed by atoms with van der Waals surface area (Å²) >= 11 is 0. The molecule has 0 spiro atoms. The second kappa shape index (κ2) is 4.67. The Labute approximate surface area is 72.4 Å². The van der Waals surface area contributed by atoms with Gasteiger partial charge in [-0.15, -0.1) is 0 Å². The van der Waals surface area contributed by atoms with Gasteiger partial charge in [-0.25, -0.2) is 0 Å². The molecule has 0 saturated carbocycles. The molecule has 1 atom stereocenters. The van der Waals surface area contributed by atoms with Gasteiger partial charge in [0.25, 0.3) is 0 Å². The van der Waals surface area contributed by atoms with Gasteiger partial charge in [-0.05, 0) is 12.0 Å². The Morgan fingerprint density at radius 2 is 2.00 bits per heavy atom. The highest BCUT2D eigenvalue weighted by Crippen LogP contribution is 2.02. The smallest absolute Gasteiger partial charge is 0.121 e. The molecule has 0 radical (unpaired) electrons. The summed E-state index contributed by atoms with van der Waals surface area (Å²) < 4.78 is 0. The molecule has 0 unspecified atom stereocenters. The Hall–Kier alpha value is -1.15. The zero-order chi connectivity index (χ0) is 8.81. The molecule has 12 heavy (non-hydrogen) atoms. The first-order chi connectivity index (χ1) is 5.83. The first-order valence-corrected chi connectivity index (χ1v) is 4.06. The number of carbonyl (C=O) groups is 1. The second-order valence-electron chi connectivity index (χ2n) is 2.85. The molecule has 0 fully saturated rings. The minimum atomic E-state index is -0.0371. The molecule has 64 valence electrons. The predicted octanol–water partition coefficient (Wildman–Crippen LogP) is 1.15. The van der Waals surface area contributed by atoms with Crippen LogP contribution in [-0.2, 0) is 11.2 Å². The molecule has 2 nitrogen and oxygen atoms in total. The van der Waals surface area contributed by atoms with Gasteiger partial charge in [0.15, 0.2) is 0 Å². The van der Waals surface area contributed by atoms with Crippen molar-refractivity contribution in [2.45, 2.75) is 18.9 Å². The van der Waals surface area contributed by atoms with E-state index >= 15 is 0 Å². The third-order valence-electron chi connectivity index (χ3n) is 1.74. The molecule has 0 aromatic heterocycles. The number of aldehydes is 1. The molecule has 0 aliphatic carbocycles. The third-order valence-corrected chi connectivity index (χ3v) is 1.74. The average Bonchev–Trinajstić information content (AvgIpc) is 2.06. The molecule has 1 aromatic rings. The van der Waals surface area contributed by atoms with Crippen molar-refractivity contribution >= 4 is 6.29 Å². The van der Waals surface area contributed by atoms with Gasteiger partial charge < -0.3 is 10.5 Å². The van der Waals surface area contributed by atoms with E-state index in [1.165, 1.54) is 5.56 Å². The monoisotopic (exact) mass is 163 g/mol. The summed E-state index contributed by atoms with van der Waals surface area (Å²) in [4.78, 5) is 10.1. The molecule has 0 saturated heterocycles. The Balaban J connectivity index is 2.46. The van der Waals surface area contributed by atoms with E-state index in [4.69, 9.17) is 5.73 Å². The van der Waals surface area contributed by atoms with Crippen LogP contribution in [0.3, 0.4) is 0 Å². The van der Waals surface area contributed by atoms with Crippen LogP contribution in [0, 0.1) is 0 Å². The van der Waals surface area contributed by atoms with Gasteiger partial charge in [-0.3, -0.25) is 0 Å². The van der Waals surface area contributed by atoms with E-state index in [-0.39, 0.29) is 6.04 Å². The zero-order valence-electron chi connectivity index (χ0n) is 6.94. The lowest BCUT2D eigenvalue weighted by Gasteiger charge is -2.06. The maximum Gasteiger partial charge on any atom is 0.121 e. The second-order valence-corrected chi connectivity index (χ2v) is 2.85. The first-order valence-electron chi connectivity index (χ1n) is 4.06. The van der Waals surface area contributed by atoms with Crippen LogP contribution < -0.4 is 5.73 Å². The van der Waals surface area contributed by atoms with Crippen LogP contribution in [0.25, 0.3) is 0 Å². The van der Waals surface area contributed by atoms with Crippen LogP contribution in [0.5, 0.6) is 0 Å². The topological polar surface area (TPSA) is 43.1 Å². The van der Waals surface area contributed by atoms with E-state index in [0.717, 1.165) is 12.7 Å². The van der Waals surface area contributed by atoms with Gasteiger partial charge in [0.05, 0.1) is 0 Å². The largest absolute Gasteiger partial charge is 0.327 e. The van der Waals surface area contributed by atoms with Crippen LogP contribution in [-0.4, -0.2) is 12.3 Å². The normalized spacial score (nSPS) is 12.4. The summed E-state index contributed by atoms with van der Waals surface area (Å²) in [6, 6.07) is 9.92. The van der Waals surface area contributed by atoms with Crippen LogP contribution >= 0.6 is 0 Å². The van der Waals surface area contributed by atoms with E-state index < -0.39 is 0 Å². The van der Waals surface area contributed by atoms with Crippen LogP contribution in [0.1, 0.15) is 12.0 Å². The van der Waals surface area contributed by atoms with Crippen molar-refractivity contribution in [1.29, 1.82) is 0 Å². The summed E-state index contributed by atoms with van der Waals surface area (Å²) in [7, 11) is 0. The molecular formula is C10H13NO. The highest BCUT2D eigenvalue weighted by molar-refractivity contribution is 5.50. The van der Waals surface area contributed by atoms with Crippen LogP contribution in [0.15, 0.2) is 30.3 Å². The number of hydrogen-bond donors (Lipinski definition) is 1. The summed E-state index contributed by atoms with van der Waals surface area (Å²) in [5.41, 5.74) is 6.87. The fraction of sp³-hybridized carbons (Fsp3) is 0.300. The van der Waals surface area contributed by atoms with E-state index in [1.54, 1.807) is 0 Å². The molecule has 0 heterocycles. The zero-order valence-corrected chi connectivity index (χ0v) is 6.94. The lowest BCUT2D eigenvalue weighted by molar-refractivity contribution is -0.108. The molecule has 0 aliphatic heterocycles. The SMILES string of the molecule is N[C@@H](CC=O)Cc1ccccc1. The lowest BCUT2D eigenvalue weighted by atomic mass is 10.1. The highest BCUT2D eigenvalue weighted by atomic mass is 16.1. The Morgan fingerprint density at radius 1 is 1.33 bits per heavy atom. The number of hydrogen-bond acceptors (Lipinski definition) is 2. The van der Waals surface area contributed by atoms with Crippen molar-refractivity contribution in [1.82, 2.24) is 0 Å². The van der Waals surface area contributed by atoms with E-state index in [1.807, 2.05) is 30.3 Å². The number of benzene rings is 1. The molecule has 0 amide bonds. The van der Waals surface area contributed by atoms with Crippen molar-refractivity contribution < 1.29 is 4.79 Å². The Morgan fingerprint density at radius 3 is 2.58 bits per heavy atom. The van der Waals surface area contributed by atoms with Gasteiger partial charge in [0, 0.05) is 12.5 Å². The summed E-state index contributed by atoms with van der Waals surface area (Å²) in [5.74, 6) is 0. The van der Waals surface area contributed by atoms with Crippen molar-refractivity contribution in [3.8, 4) is 0 Å². The highest BCUT2D eigenvalue weighted by Gasteiger charge is 2.01. The average molecular weight is 163 g/mol. The standard InChI is InChI=1S/C10H13NO/c11-10(6-7-12)8-9-4-2-1-3-5-9/h1-5,7,10H,6,8,11H2/t10-/m0/s1. The first kappa shape index (κ1) is 8.94. The summed E-state index contributed by atoms with van der Waals surface area (Å²) in [6.45, 7) is 0. The number of carbonyl (C=O) groups excluding carboxylic acids is 1. The number of rotatable bonds is 4. The summed E-state index contributed by atoms with van der Waals surface area (Å²) in [5, 5.41) is 0. The third kappa shape index (κ3) is 2.84. The van der Waals surface area contributed by atoms with E-state index in [9.17, 15) is 4.79 Å². The van der Waals surface area contributed by atoms with Gasteiger partial charge >= 0.3 is 0 Å². The van der Waals surface area contributed by atoms with Gasteiger partial charge in [0.1, 0.15) is 6.29 Å².